The fourth-order valence-electron chi connectivity index (χ4n) is 2.52. The molecule has 1 aromatic heterocycles. The number of aromatic nitrogens is 1. The van der Waals surface area contributed by atoms with Gasteiger partial charge in [0, 0.05) is 20.1 Å². The van der Waals surface area contributed by atoms with Crippen LogP contribution in [0.25, 0.3) is 0 Å². The predicted octanol–water partition coefficient (Wildman–Crippen LogP) is 2.32. The third-order valence-electron chi connectivity index (χ3n) is 3.64. The van der Waals surface area contributed by atoms with E-state index < -0.39 is 0 Å². The van der Waals surface area contributed by atoms with Gasteiger partial charge in [-0.05, 0) is 29.7 Å². The lowest BCUT2D eigenvalue weighted by Crippen LogP contribution is -2.36. The number of nitrogens with one attached hydrogen (secondary N) is 1. The molecular formula is C16H17N3O. The van der Waals surface area contributed by atoms with Crippen molar-refractivity contribution in [1.82, 2.24) is 9.88 Å². The molecule has 0 saturated carbocycles. The van der Waals surface area contributed by atoms with Gasteiger partial charge in [-0.3, -0.25) is 4.79 Å². The lowest BCUT2D eigenvalue weighted by molar-refractivity contribution is 0.0729. The highest BCUT2D eigenvalue weighted by atomic mass is 16.2. The van der Waals surface area contributed by atoms with Crippen LogP contribution in [0, 0.1) is 0 Å². The summed E-state index contributed by atoms with van der Waals surface area (Å²) in [7, 11) is 1.80. The summed E-state index contributed by atoms with van der Waals surface area (Å²) in [6.45, 7) is 1.42. The van der Waals surface area contributed by atoms with Gasteiger partial charge in [0.25, 0.3) is 5.91 Å². The van der Waals surface area contributed by atoms with Crippen LogP contribution in [0.15, 0.2) is 42.5 Å². The molecule has 4 heteroatoms. The van der Waals surface area contributed by atoms with E-state index in [4.69, 9.17) is 0 Å². The fraction of sp³-hybridized carbons (Fsp3) is 0.250. The summed E-state index contributed by atoms with van der Waals surface area (Å²) >= 11 is 0. The van der Waals surface area contributed by atoms with Crippen LogP contribution in [0.3, 0.4) is 0 Å². The van der Waals surface area contributed by atoms with Gasteiger partial charge in [0.15, 0.2) is 0 Å². The molecule has 4 nitrogen and oxygen atoms in total. The fourth-order valence-corrected chi connectivity index (χ4v) is 2.52. The van der Waals surface area contributed by atoms with Gasteiger partial charge in [-0.2, -0.15) is 0 Å². The molecule has 3 rings (SSSR count). The number of anilines is 1. The Labute approximate surface area is 118 Å². The average molecular weight is 267 g/mol. The quantitative estimate of drug-likeness (QED) is 0.908. The van der Waals surface area contributed by atoms with Gasteiger partial charge in [-0.25, -0.2) is 4.98 Å². The lowest BCUT2D eigenvalue weighted by atomic mass is 10.00. The summed E-state index contributed by atoms with van der Waals surface area (Å²) in [5.41, 5.74) is 3.07. The molecule has 2 heterocycles. The predicted molar refractivity (Wildman–Crippen MR) is 78.7 cm³/mol. The number of benzene rings is 1. The molecule has 0 bridgehead atoms. The van der Waals surface area contributed by atoms with Crippen LogP contribution in [0.2, 0.25) is 0 Å². The smallest absolute Gasteiger partial charge is 0.272 e. The summed E-state index contributed by atoms with van der Waals surface area (Å²) in [4.78, 5) is 18.7. The first-order chi connectivity index (χ1) is 9.78. The first-order valence-electron chi connectivity index (χ1n) is 6.79. The number of amides is 1. The Kier molecular flexibility index (Phi) is 3.37. The van der Waals surface area contributed by atoms with Crippen molar-refractivity contribution in [1.29, 1.82) is 0 Å². The van der Waals surface area contributed by atoms with Crippen LogP contribution in [0.4, 0.5) is 5.82 Å². The van der Waals surface area contributed by atoms with Crippen molar-refractivity contribution >= 4 is 11.7 Å². The van der Waals surface area contributed by atoms with E-state index in [1.165, 1.54) is 11.1 Å². The van der Waals surface area contributed by atoms with Gasteiger partial charge < -0.3 is 10.2 Å². The van der Waals surface area contributed by atoms with Crippen LogP contribution in [-0.2, 0) is 13.0 Å². The molecule has 0 fully saturated rings. The Morgan fingerprint density at radius 1 is 1.15 bits per heavy atom. The number of hydrogen-bond acceptors (Lipinski definition) is 3. The van der Waals surface area contributed by atoms with Gasteiger partial charge in [-0.1, -0.05) is 30.3 Å². The van der Waals surface area contributed by atoms with Crippen LogP contribution < -0.4 is 5.32 Å². The zero-order valence-electron chi connectivity index (χ0n) is 11.5. The molecule has 1 N–H and O–H groups in total. The summed E-state index contributed by atoms with van der Waals surface area (Å²) < 4.78 is 0. The van der Waals surface area contributed by atoms with Crippen molar-refractivity contribution in [3.8, 4) is 0 Å². The molecule has 0 spiro atoms. The molecule has 0 atom stereocenters. The summed E-state index contributed by atoms with van der Waals surface area (Å²) in [6.07, 6.45) is 0.910. The number of rotatable bonds is 2. The molecule has 0 saturated heterocycles. The van der Waals surface area contributed by atoms with E-state index >= 15 is 0 Å². The maximum atomic E-state index is 12.5. The van der Waals surface area contributed by atoms with Crippen molar-refractivity contribution in [2.24, 2.45) is 0 Å². The highest BCUT2D eigenvalue weighted by molar-refractivity contribution is 5.92. The second-order valence-electron chi connectivity index (χ2n) is 4.90. The highest BCUT2D eigenvalue weighted by Crippen LogP contribution is 2.20. The second kappa shape index (κ2) is 5.33. The number of pyridine rings is 1. The number of carbonyl (C=O) groups is 1. The minimum absolute atomic E-state index is 0.00315. The van der Waals surface area contributed by atoms with E-state index in [-0.39, 0.29) is 5.91 Å². The van der Waals surface area contributed by atoms with E-state index in [1.807, 2.05) is 29.2 Å². The molecule has 20 heavy (non-hydrogen) atoms. The standard InChI is InChI=1S/C16H17N3O/c1-17-15-8-4-7-14(18-15)16(20)19-10-9-12-5-2-3-6-13(12)11-19/h2-8H,9-11H2,1H3,(H,17,18). The molecule has 2 aromatic rings. The number of carbonyl (C=O) groups excluding carboxylic acids is 1. The summed E-state index contributed by atoms with van der Waals surface area (Å²) in [6, 6.07) is 13.8. The SMILES string of the molecule is CNc1cccc(C(=O)N2CCc3ccccc3C2)n1. The molecule has 1 aromatic carbocycles. The Morgan fingerprint density at radius 2 is 1.95 bits per heavy atom. The van der Waals surface area contributed by atoms with E-state index in [0.717, 1.165) is 13.0 Å². The number of nitrogens with zero attached hydrogens (tertiary/aromatic N) is 2. The van der Waals surface area contributed by atoms with E-state index in [9.17, 15) is 4.79 Å². The zero-order valence-corrected chi connectivity index (χ0v) is 11.5. The van der Waals surface area contributed by atoms with Crippen LogP contribution >= 0.6 is 0 Å². The minimum atomic E-state index is -0.00315. The van der Waals surface area contributed by atoms with Crippen molar-refractivity contribution in [3.63, 3.8) is 0 Å². The van der Waals surface area contributed by atoms with Gasteiger partial charge in [-0.15, -0.1) is 0 Å². The summed E-state index contributed by atoms with van der Waals surface area (Å²) in [5.74, 6) is 0.713. The first-order valence-corrected chi connectivity index (χ1v) is 6.79. The number of hydrogen-bond donors (Lipinski definition) is 1. The van der Waals surface area contributed by atoms with E-state index in [1.54, 1.807) is 13.1 Å². The largest absolute Gasteiger partial charge is 0.373 e. The van der Waals surface area contributed by atoms with Crippen LogP contribution in [0.5, 0.6) is 0 Å². The molecule has 1 amide bonds. The van der Waals surface area contributed by atoms with Crippen LogP contribution in [0.1, 0.15) is 21.6 Å². The Bertz CT molecular complexity index is 639. The minimum Gasteiger partial charge on any atom is -0.373 e. The maximum Gasteiger partial charge on any atom is 0.272 e. The lowest BCUT2D eigenvalue weighted by Gasteiger charge is -2.28. The molecule has 1 aliphatic heterocycles. The first kappa shape index (κ1) is 12.7. The van der Waals surface area contributed by atoms with Crippen LogP contribution in [-0.4, -0.2) is 29.4 Å². The van der Waals surface area contributed by atoms with Gasteiger partial charge in [0.2, 0.25) is 0 Å². The normalized spacial score (nSPS) is 13.8. The molecule has 0 aliphatic carbocycles. The Morgan fingerprint density at radius 3 is 2.75 bits per heavy atom. The third kappa shape index (κ3) is 2.37. The second-order valence-corrected chi connectivity index (χ2v) is 4.90. The van der Waals surface area contributed by atoms with Gasteiger partial charge >= 0.3 is 0 Å². The monoisotopic (exact) mass is 267 g/mol. The molecule has 0 unspecified atom stereocenters. The van der Waals surface area contributed by atoms with E-state index in [2.05, 4.69) is 22.4 Å². The topological polar surface area (TPSA) is 45.2 Å². The molecular weight excluding hydrogens is 250 g/mol. The Balaban J connectivity index is 1.82. The van der Waals surface area contributed by atoms with Gasteiger partial charge in [0.05, 0.1) is 0 Å². The average Bonchev–Trinajstić information content (AvgIpc) is 2.53. The molecule has 1 aliphatic rings. The Hall–Kier alpha value is -2.36. The van der Waals surface area contributed by atoms with Crippen molar-refractivity contribution in [3.05, 3.63) is 59.3 Å². The molecule has 0 radical (unpaired) electrons. The third-order valence-corrected chi connectivity index (χ3v) is 3.64. The van der Waals surface area contributed by atoms with Gasteiger partial charge in [0.1, 0.15) is 11.5 Å². The van der Waals surface area contributed by atoms with Crippen molar-refractivity contribution < 1.29 is 4.79 Å². The maximum absolute atomic E-state index is 12.5. The van der Waals surface area contributed by atoms with Crippen molar-refractivity contribution in [2.75, 3.05) is 18.9 Å². The number of fused-ring (bicyclic) bond motifs is 1. The zero-order chi connectivity index (χ0) is 13.9. The van der Waals surface area contributed by atoms with Crippen molar-refractivity contribution in [2.45, 2.75) is 13.0 Å². The van der Waals surface area contributed by atoms with E-state index in [0.29, 0.717) is 18.1 Å². The summed E-state index contributed by atoms with van der Waals surface area (Å²) in [5, 5.41) is 2.96. The molecule has 102 valence electrons. The highest BCUT2D eigenvalue weighted by Gasteiger charge is 2.22.